The van der Waals surface area contributed by atoms with Crippen LogP contribution in [0.3, 0.4) is 0 Å². The maximum Gasteiger partial charge on any atom is 4.00 e. The predicted octanol–water partition coefficient (Wildman–Crippen LogP) is -7.38. The molecule has 26 heavy (non-hydrogen) atoms. The number of hydrogen-bond donors (Lipinski definition) is 0. The molecule has 12 nitrogen and oxygen atoms in total. The number of carbonyl (C=O) groups is 6. The van der Waals surface area contributed by atoms with E-state index in [9.17, 15) is 0 Å². The van der Waals surface area contributed by atoms with Crippen molar-refractivity contribution < 1.29 is 75.9 Å². The topological polar surface area (TPSA) is 241 Å². The van der Waals surface area contributed by atoms with E-state index in [0.717, 1.165) is 41.5 Å². The Morgan fingerprint density at radius 1 is 0.385 bits per heavy atom. The summed E-state index contributed by atoms with van der Waals surface area (Å²) in [7, 11) is 0. The van der Waals surface area contributed by atoms with Gasteiger partial charge in [-0.1, -0.05) is 0 Å². The van der Waals surface area contributed by atoms with Crippen LogP contribution in [0, 0.1) is 7.43 Å². The van der Waals surface area contributed by atoms with Gasteiger partial charge in [-0.15, -0.1) is 0 Å². The van der Waals surface area contributed by atoms with Gasteiger partial charge in [0.25, 0.3) is 0 Å². The second-order valence-electron chi connectivity index (χ2n) is 2.95. The van der Waals surface area contributed by atoms with Gasteiger partial charge in [0.1, 0.15) is 0 Å². The fourth-order valence-corrected chi connectivity index (χ4v) is 0. The minimum Gasteiger partial charge on any atom is -0.550 e. The van der Waals surface area contributed by atoms with Gasteiger partial charge in [-0.3, -0.25) is 0 Å². The fourth-order valence-electron chi connectivity index (χ4n) is 0. The largest absolute Gasteiger partial charge is 4.00 e. The van der Waals surface area contributed by atoms with E-state index < -0.39 is 35.8 Å². The van der Waals surface area contributed by atoms with E-state index in [1.54, 1.807) is 0 Å². The summed E-state index contributed by atoms with van der Waals surface area (Å²) in [4.78, 5) is 53.3. The van der Waals surface area contributed by atoms with Gasteiger partial charge < -0.3 is 59.4 Å². The van der Waals surface area contributed by atoms with Crippen LogP contribution < -0.4 is 30.6 Å². The summed E-state index contributed by atoms with van der Waals surface area (Å²) in [6.07, 6.45) is 0. The molecule has 0 bridgehead atoms. The average Bonchev–Trinajstić information content (AvgIpc) is 2.08. The van der Waals surface area contributed by atoms with Gasteiger partial charge in [0, 0.05) is 35.8 Å². The van der Waals surface area contributed by atoms with Crippen LogP contribution in [0.4, 0.5) is 0 Å². The zero-order valence-electron chi connectivity index (χ0n) is 14.7. The third kappa shape index (κ3) is 1220. The van der Waals surface area contributed by atoms with Gasteiger partial charge >= 0.3 is 23.9 Å². The summed E-state index contributed by atoms with van der Waals surface area (Å²) >= 11 is 0. The SMILES string of the molecule is CC(=O)[O-].CC(=O)[O-].CC(=O)[O-].CC(=O)[O-].CC(=O)[O-].CC(=O)[O-].[C+4].[Ni+2]. The van der Waals surface area contributed by atoms with Crippen LogP contribution in [0.1, 0.15) is 41.5 Å². The summed E-state index contributed by atoms with van der Waals surface area (Å²) in [5.74, 6) is -6.50. The molecule has 0 heterocycles. The van der Waals surface area contributed by atoms with Gasteiger partial charge in [-0.05, 0) is 41.5 Å². The molecule has 0 aromatic rings. The second kappa shape index (κ2) is 43.2. The molecule has 0 rings (SSSR count). The zero-order chi connectivity index (χ0) is 21.5. The molecule has 0 saturated carbocycles. The molecule has 0 spiro atoms. The Morgan fingerprint density at radius 3 is 0.385 bits per heavy atom. The summed E-state index contributed by atoms with van der Waals surface area (Å²) < 4.78 is 0. The first-order chi connectivity index (χ1) is 10.4. The van der Waals surface area contributed by atoms with E-state index in [2.05, 4.69) is 0 Å². The third-order valence-corrected chi connectivity index (χ3v) is 0. The van der Waals surface area contributed by atoms with Crippen molar-refractivity contribution in [1.82, 2.24) is 0 Å². The maximum absolute atomic E-state index is 8.89. The Hall–Kier alpha value is -2.69. The third-order valence-electron chi connectivity index (χ3n) is 0. The van der Waals surface area contributed by atoms with Gasteiger partial charge in [-0.25, -0.2) is 0 Å². The van der Waals surface area contributed by atoms with E-state index in [-0.39, 0.29) is 23.9 Å². The standard InChI is InChI=1S/6C2H4O2.C.Ni/c6*1-2(3)4;;/h6*1H3,(H,3,4);;/q;;;;;;+4;+2/p-6. The van der Waals surface area contributed by atoms with E-state index >= 15 is 0 Å². The number of aliphatic carboxylic acids is 6. The first-order valence-corrected chi connectivity index (χ1v) is 5.45. The van der Waals surface area contributed by atoms with Crippen molar-refractivity contribution in [3.05, 3.63) is 7.43 Å². The smallest absolute Gasteiger partial charge is 0.550 e. The number of carbonyl (C=O) groups excluding carboxylic acids is 6. The maximum atomic E-state index is 8.89. The minimum absolute atomic E-state index is 0. The predicted molar refractivity (Wildman–Crippen MR) is 67.3 cm³/mol. The van der Waals surface area contributed by atoms with Crippen molar-refractivity contribution in [2.24, 2.45) is 0 Å². The Morgan fingerprint density at radius 2 is 0.385 bits per heavy atom. The molecule has 0 aromatic heterocycles. The molecule has 0 amide bonds. The van der Waals surface area contributed by atoms with Crippen LogP contribution in [0.15, 0.2) is 0 Å². The molecule has 0 saturated heterocycles. The molecule has 0 aliphatic carbocycles. The Bertz CT molecular complexity index is 262. The molecular weight excluding hydrogens is 407 g/mol. The normalized spacial score (nSPS) is 5.77. The number of carboxylic acids is 6. The van der Waals surface area contributed by atoms with Gasteiger partial charge in [0.15, 0.2) is 0 Å². The summed E-state index contributed by atoms with van der Waals surface area (Å²) in [5.41, 5.74) is 0. The van der Waals surface area contributed by atoms with Gasteiger partial charge in [0.2, 0.25) is 0 Å². The zero-order valence-corrected chi connectivity index (χ0v) is 15.7. The van der Waals surface area contributed by atoms with Crippen LogP contribution in [0.25, 0.3) is 0 Å². The molecule has 0 aliphatic rings. The van der Waals surface area contributed by atoms with Crippen LogP contribution in [-0.2, 0) is 45.3 Å². The first-order valence-electron chi connectivity index (χ1n) is 5.45. The van der Waals surface area contributed by atoms with E-state index in [4.69, 9.17) is 59.4 Å². The molecule has 13 heteroatoms. The van der Waals surface area contributed by atoms with Crippen molar-refractivity contribution in [2.45, 2.75) is 41.5 Å². The van der Waals surface area contributed by atoms with Gasteiger partial charge in [-0.2, -0.15) is 0 Å². The molecule has 152 valence electrons. The van der Waals surface area contributed by atoms with Crippen molar-refractivity contribution in [1.29, 1.82) is 0 Å². The van der Waals surface area contributed by atoms with Crippen molar-refractivity contribution in [3.63, 3.8) is 0 Å². The molecule has 0 unspecified atom stereocenters. The van der Waals surface area contributed by atoms with E-state index in [1.807, 2.05) is 0 Å². The Balaban J connectivity index is -0.0000000245. The Kier molecular flexibility index (Phi) is 82.3. The van der Waals surface area contributed by atoms with Crippen LogP contribution >= 0.6 is 0 Å². The van der Waals surface area contributed by atoms with E-state index in [1.165, 1.54) is 0 Å². The number of rotatable bonds is 0. The van der Waals surface area contributed by atoms with Crippen LogP contribution in [0.2, 0.25) is 0 Å². The summed E-state index contributed by atoms with van der Waals surface area (Å²) in [6, 6.07) is 0. The molecule has 0 aromatic carbocycles. The quantitative estimate of drug-likeness (QED) is 0.329. The van der Waals surface area contributed by atoms with Crippen LogP contribution in [-0.4, -0.2) is 35.8 Å². The molecule has 0 radical (unpaired) electrons. The second-order valence-corrected chi connectivity index (χ2v) is 2.95. The monoisotopic (exact) mass is 424 g/mol. The number of hydrogen-bond acceptors (Lipinski definition) is 12. The Labute approximate surface area is 161 Å². The molecule has 0 N–H and O–H groups in total. The van der Waals surface area contributed by atoms with Crippen molar-refractivity contribution in [3.8, 4) is 0 Å². The summed E-state index contributed by atoms with van der Waals surface area (Å²) in [5, 5.41) is 53.3. The van der Waals surface area contributed by atoms with E-state index in [0.29, 0.717) is 0 Å². The van der Waals surface area contributed by atoms with Crippen molar-refractivity contribution >= 4 is 35.8 Å². The summed E-state index contributed by atoms with van der Waals surface area (Å²) in [6.45, 7) is 5.83. The molecule has 0 atom stereocenters. The first kappa shape index (κ1) is 49.5. The van der Waals surface area contributed by atoms with Crippen molar-refractivity contribution in [2.75, 3.05) is 0 Å². The molecule has 0 aliphatic heterocycles. The number of carboxylic acid groups (broad SMARTS) is 6. The molecule has 0 fully saturated rings. The average molecular weight is 425 g/mol. The van der Waals surface area contributed by atoms with Gasteiger partial charge in [0.05, 0.1) is 0 Å². The van der Waals surface area contributed by atoms with Crippen LogP contribution in [0.5, 0.6) is 0 Å². The minimum atomic E-state index is -1.08. The fraction of sp³-hybridized carbons (Fsp3) is 0.462. The molecular formula is C13H18NiO12.